The number of likely N-dealkylation sites (N-methyl/N-ethyl adjacent to an activating group) is 1. The fraction of sp³-hybridized carbons (Fsp3) is 0.226. The van der Waals surface area contributed by atoms with E-state index in [2.05, 4.69) is 15.3 Å². The second kappa shape index (κ2) is 12.5. The van der Waals surface area contributed by atoms with Crippen molar-refractivity contribution in [2.24, 2.45) is 0 Å². The molecule has 0 fully saturated rings. The Labute approximate surface area is 254 Å². The number of pyridine rings is 1. The minimum absolute atomic E-state index is 0.0549. The Morgan fingerprint density at radius 2 is 1.80 bits per heavy atom. The van der Waals surface area contributed by atoms with Crippen LogP contribution in [0.2, 0.25) is 0 Å². The summed E-state index contributed by atoms with van der Waals surface area (Å²) in [5, 5.41) is 3.34. The Morgan fingerprint density at radius 1 is 1.05 bits per heavy atom. The number of imidazole rings is 1. The second-order valence-electron chi connectivity index (χ2n) is 10.1. The van der Waals surface area contributed by atoms with Gasteiger partial charge in [0, 0.05) is 17.8 Å². The number of halogens is 3. The normalized spacial score (nSPS) is 12.4. The predicted octanol–water partition coefficient (Wildman–Crippen LogP) is 6.59. The van der Waals surface area contributed by atoms with Crippen LogP contribution in [0, 0.1) is 0 Å². The van der Waals surface area contributed by atoms with Crippen LogP contribution < -0.4 is 10.1 Å². The lowest BCUT2D eigenvalue weighted by atomic mass is 10.0. The molecule has 5 rings (SSSR count). The van der Waals surface area contributed by atoms with Gasteiger partial charge in [-0.2, -0.15) is 13.2 Å². The minimum atomic E-state index is -4.56. The lowest BCUT2D eigenvalue weighted by Crippen LogP contribution is -2.27. The van der Waals surface area contributed by atoms with Crippen LogP contribution >= 0.6 is 11.3 Å². The summed E-state index contributed by atoms with van der Waals surface area (Å²) in [6, 6.07) is 16.0. The van der Waals surface area contributed by atoms with Gasteiger partial charge in [0.15, 0.2) is 4.88 Å². The van der Waals surface area contributed by atoms with Crippen LogP contribution in [0.15, 0.2) is 73.2 Å². The van der Waals surface area contributed by atoms with E-state index in [4.69, 9.17) is 9.47 Å². The molecule has 0 saturated heterocycles. The molecule has 13 heteroatoms. The molecule has 2 aromatic carbocycles. The number of rotatable bonds is 9. The molecule has 0 unspecified atom stereocenters. The molecule has 1 amide bonds. The highest BCUT2D eigenvalue weighted by Gasteiger charge is 2.35. The molecule has 0 aliphatic heterocycles. The number of hydrogen-bond donors (Lipinski definition) is 1. The summed E-state index contributed by atoms with van der Waals surface area (Å²) < 4.78 is 53.6. The fourth-order valence-electron chi connectivity index (χ4n) is 4.68. The van der Waals surface area contributed by atoms with Crippen molar-refractivity contribution in [1.29, 1.82) is 0 Å². The largest absolute Gasteiger partial charge is 0.484 e. The van der Waals surface area contributed by atoms with Gasteiger partial charge in [0.25, 0.3) is 0 Å². The SMILES string of the molecule is COC(=O)c1sc(-n2cnc3cc(-c4ccnc(NC(=O)CN(C)C)c4)ccc32)cc1O[C@H](C)c1ccccc1C(F)(F)F. The molecule has 0 radical (unpaired) electrons. The summed E-state index contributed by atoms with van der Waals surface area (Å²) in [7, 11) is 4.83. The van der Waals surface area contributed by atoms with Crippen LogP contribution in [0.1, 0.15) is 33.8 Å². The van der Waals surface area contributed by atoms with Crippen molar-refractivity contribution in [3.8, 4) is 21.9 Å². The zero-order chi connectivity index (χ0) is 31.6. The first-order valence-corrected chi connectivity index (χ1v) is 14.2. The number of aromatic nitrogens is 3. The molecule has 9 nitrogen and oxygen atoms in total. The lowest BCUT2D eigenvalue weighted by molar-refractivity contribution is -0.139. The fourth-order valence-corrected chi connectivity index (χ4v) is 5.68. The zero-order valence-electron chi connectivity index (χ0n) is 24.2. The van der Waals surface area contributed by atoms with Gasteiger partial charge in [0.2, 0.25) is 5.91 Å². The third kappa shape index (κ3) is 6.58. The summed E-state index contributed by atoms with van der Waals surface area (Å²) in [5.41, 5.74) is 2.18. The Hall–Kier alpha value is -4.75. The van der Waals surface area contributed by atoms with E-state index in [1.54, 1.807) is 48.2 Å². The maximum atomic E-state index is 13.6. The van der Waals surface area contributed by atoms with Crippen molar-refractivity contribution >= 4 is 40.1 Å². The van der Waals surface area contributed by atoms with Crippen molar-refractivity contribution in [2.45, 2.75) is 19.2 Å². The number of esters is 1. The van der Waals surface area contributed by atoms with Crippen molar-refractivity contribution in [2.75, 3.05) is 33.1 Å². The number of carbonyl (C=O) groups is 2. The summed E-state index contributed by atoms with van der Waals surface area (Å²) in [5.74, 6) is -0.335. The van der Waals surface area contributed by atoms with Crippen molar-refractivity contribution in [3.63, 3.8) is 0 Å². The number of amides is 1. The van der Waals surface area contributed by atoms with Gasteiger partial charge < -0.3 is 19.7 Å². The van der Waals surface area contributed by atoms with Crippen molar-refractivity contribution < 1.29 is 32.2 Å². The quantitative estimate of drug-likeness (QED) is 0.185. The highest BCUT2D eigenvalue weighted by atomic mass is 32.1. The Bertz CT molecular complexity index is 1830. The van der Waals surface area contributed by atoms with E-state index < -0.39 is 23.8 Å². The lowest BCUT2D eigenvalue weighted by Gasteiger charge is -2.19. The van der Waals surface area contributed by atoms with E-state index in [1.165, 1.54) is 32.2 Å². The molecule has 3 aromatic heterocycles. The van der Waals surface area contributed by atoms with Crippen LogP contribution in [0.4, 0.5) is 19.0 Å². The Morgan fingerprint density at radius 3 is 2.52 bits per heavy atom. The standard InChI is InChI=1S/C31H28F3N5O4S/c1-18(21-7-5-6-8-22(21)31(32,33)34)43-25-15-28(44-29(25)30(41)42-4)39-17-36-23-13-19(9-10-24(23)39)20-11-12-35-26(14-20)37-27(40)16-38(2)3/h5-15,17-18H,16H2,1-4H3,(H,35,37,40)/t18-/m1/s1. The Balaban J connectivity index is 1.45. The minimum Gasteiger partial charge on any atom is -0.484 e. The number of nitrogens with one attached hydrogen (secondary N) is 1. The maximum absolute atomic E-state index is 13.6. The molecule has 0 bridgehead atoms. The second-order valence-corrected chi connectivity index (χ2v) is 11.2. The summed E-state index contributed by atoms with van der Waals surface area (Å²) in [6.07, 6.45) is -2.38. The predicted molar refractivity (Wildman–Crippen MR) is 161 cm³/mol. The van der Waals surface area contributed by atoms with Gasteiger partial charge in [-0.3, -0.25) is 9.36 Å². The van der Waals surface area contributed by atoms with Gasteiger partial charge in [0.05, 0.1) is 30.3 Å². The molecule has 0 spiro atoms. The van der Waals surface area contributed by atoms with Gasteiger partial charge in [0.1, 0.15) is 29.0 Å². The van der Waals surface area contributed by atoms with Gasteiger partial charge in [-0.1, -0.05) is 24.3 Å². The number of ether oxygens (including phenoxy) is 2. The number of anilines is 1. The third-order valence-corrected chi connectivity index (χ3v) is 7.76. The van der Waals surface area contributed by atoms with Gasteiger partial charge in [-0.25, -0.2) is 14.8 Å². The molecule has 0 saturated carbocycles. The van der Waals surface area contributed by atoms with E-state index >= 15 is 0 Å². The molecule has 0 aliphatic rings. The topological polar surface area (TPSA) is 98.6 Å². The average Bonchev–Trinajstić information content (AvgIpc) is 3.59. The number of fused-ring (bicyclic) bond motifs is 1. The number of alkyl halides is 3. The van der Waals surface area contributed by atoms with Crippen LogP contribution in [0.3, 0.4) is 0 Å². The average molecular weight is 624 g/mol. The highest BCUT2D eigenvalue weighted by Crippen LogP contribution is 2.40. The summed E-state index contributed by atoms with van der Waals surface area (Å²) in [4.78, 5) is 35.4. The molecule has 228 valence electrons. The molecule has 1 atom stereocenters. The van der Waals surface area contributed by atoms with Crippen molar-refractivity contribution in [3.05, 3.63) is 89.2 Å². The van der Waals surface area contributed by atoms with E-state index in [0.717, 1.165) is 34.0 Å². The number of carbonyl (C=O) groups excluding carboxylic acids is 2. The van der Waals surface area contributed by atoms with Crippen LogP contribution in [0.5, 0.6) is 5.75 Å². The van der Waals surface area contributed by atoms with Gasteiger partial charge in [-0.05, 0) is 62.5 Å². The number of hydrogen-bond acceptors (Lipinski definition) is 8. The van der Waals surface area contributed by atoms with Crippen LogP contribution in [-0.2, 0) is 15.7 Å². The van der Waals surface area contributed by atoms with Crippen molar-refractivity contribution in [1.82, 2.24) is 19.4 Å². The molecule has 0 aliphatic carbocycles. The van der Waals surface area contributed by atoms with Crippen LogP contribution in [0.25, 0.3) is 27.2 Å². The number of methoxy groups -OCH3 is 1. The van der Waals surface area contributed by atoms with E-state index in [1.807, 2.05) is 24.3 Å². The van der Waals surface area contributed by atoms with Gasteiger partial charge in [-0.15, -0.1) is 11.3 Å². The highest BCUT2D eigenvalue weighted by molar-refractivity contribution is 7.16. The van der Waals surface area contributed by atoms with E-state index in [-0.39, 0.29) is 28.6 Å². The van der Waals surface area contributed by atoms with Crippen LogP contribution in [-0.4, -0.2) is 59.1 Å². The third-order valence-electron chi connectivity index (χ3n) is 6.67. The number of benzene rings is 2. The number of thiophene rings is 1. The molecule has 5 aromatic rings. The smallest absolute Gasteiger partial charge is 0.416 e. The monoisotopic (exact) mass is 623 g/mol. The summed E-state index contributed by atoms with van der Waals surface area (Å²) in [6.45, 7) is 1.72. The van der Waals surface area contributed by atoms with Gasteiger partial charge >= 0.3 is 12.1 Å². The maximum Gasteiger partial charge on any atom is 0.416 e. The van der Waals surface area contributed by atoms with E-state index in [0.29, 0.717) is 16.3 Å². The molecule has 44 heavy (non-hydrogen) atoms. The van der Waals surface area contributed by atoms with E-state index in [9.17, 15) is 22.8 Å². The summed E-state index contributed by atoms with van der Waals surface area (Å²) >= 11 is 1.07. The number of nitrogens with zero attached hydrogens (tertiary/aromatic N) is 4. The first kappa shape index (κ1) is 30.7. The molecule has 3 heterocycles. The molecular weight excluding hydrogens is 595 g/mol. The first-order chi connectivity index (χ1) is 20.9. The zero-order valence-corrected chi connectivity index (χ0v) is 25.0. The molecule has 1 N–H and O–H groups in total. The molecular formula is C31H28F3N5O4S. The Kier molecular flexibility index (Phi) is 8.70. The first-order valence-electron chi connectivity index (χ1n) is 13.4.